The maximum absolute atomic E-state index is 13.4. The fourth-order valence-corrected chi connectivity index (χ4v) is 4.88. The van der Waals surface area contributed by atoms with Gasteiger partial charge in [0, 0.05) is 17.9 Å². The highest BCUT2D eigenvalue weighted by Crippen LogP contribution is 2.25. The third-order valence-corrected chi connectivity index (χ3v) is 6.65. The van der Waals surface area contributed by atoms with Crippen molar-refractivity contribution in [3.8, 4) is 11.8 Å². The second-order valence-corrected chi connectivity index (χ2v) is 9.07. The van der Waals surface area contributed by atoms with Gasteiger partial charge in [0.05, 0.1) is 24.8 Å². The number of aromatic nitrogens is 3. The van der Waals surface area contributed by atoms with Crippen molar-refractivity contribution in [2.75, 3.05) is 30.3 Å². The lowest BCUT2D eigenvalue weighted by Gasteiger charge is -2.26. The van der Waals surface area contributed by atoms with Gasteiger partial charge in [-0.25, -0.2) is 4.39 Å². The van der Waals surface area contributed by atoms with E-state index >= 15 is 0 Å². The van der Waals surface area contributed by atoms with E-state index in [4.69, 9.17) is 5.26 Å². The monoisotopic (exact) mass is 478 g/mol. The third kappa shape index (κ3) is 6.01. The van der Waals surface area contributed by atoms with E-state index in [1.807, 2.05) is 34.9 Å². The number of likely N-dealkylation sites (tertiary alicyclic amines) is 1. The number of piperidine rings is 1. The highest BCUT2D eigenvalue weighted by molar-refractivity contribution is 7.99. The van der Waals surface area contributed by atoms with E-state index in [1.165, 1.54) is 48.1 Å². The SMILES string of the molecule is N#CCCN(C(=O)CSc1nnc(CN2CCCCC2)n1-c1ccccc1)c1ccc(F)cc1. The Morgan fingerprint density at radius 2 is 1.79 bits per heavy atom. The zero-order valence-corrected chi connectivity index (χ0v) is 19.8. The van der Waals surface area contributed by atoms with Crippen molar-refractivity contribution in [1.29, 1.82) is 5.26 Å². The molecular weight excluding hydrogens is 451 g/mol. The van der Waals surface area contributed by atoms with Crippen LogP contribution in [0.2, 0.25) is 0 Å². The first kappa shape index (κ1) is 23.9. The van der Waals surface area contributed by atoms with Gasteiger partial charge < -0.3 is 4.90 Å². The molecule has 1 amide bonds. The fourth-order valence-electron chi connectivity index (χ4n) is 4.03. The van der Waals surface area contributed by atoms with E-state index in [-0.39, 0.29) is 30.4 Å². The molecule has 0 unspecified atom stereocenters. The van der Waals surface area contributed by atoms with Crippen LogP contribution in [-0.4, -0.2) is 51.0 Å². The van der Waals surface area contributed by atoms with Crippen molar-refractivity contribution >= 4 is 23.4 Å². The van der Waals surface area contributed by atoms with Crippen LogP contribution in [0, 0.1) is 17.1 Å². The largest absolute Gasteiger partial charge is 0.311 e. The number of hydrogen-bond donors (Lipinski definition) is 0. The molecule has 1 saturated heterocycles. The summed E-state index contributed by atoms with van der Waals surface area (Å²) in [5.74, 6) is 0.426. The topological polar surface area (TPSA) is 78.0 Å². The number of halogens is 1. The van der Waals surface area contributed by atoms with Crippen LogP contribution in [0.5, 0.6) is 0 Å². The van der Waals surface area contributed by atoms with Crippen molar-refractivity contribution in [3.05, 3.63) is 66.2 Å². The second kappa shape index (κ2) is 11.8. The Morgan fingerprint density at radius 1 is 1.06 bits per heavy atom. The molecule has 0 aliphatic carbocycles. The number of hydrogen-bond acceptors (Lipinski definition) is 6. The Bertz CT molecular complexity index is 1120. The summed E-state index contributed by atoms with van der Waals surface area (Å²) >= 11 is 1.32. The first-order valence-corrected chi connectivity index (χ1v) is 12.4. The summed E-state index contributed by atoms with van der Waals surface area (Å²) in [4.78, 5) is 17.0. The maximum Gasteiger partial charge on any atom is 0.237 e. The van der Waals surface area contributed by atoms with E-state index in [1.54, 1.807) is 12.1 Å². The van der Waals surface area contributed by atoms with E-state index in [9.17, 15) is 9.18 Å². The summed E-state index contributed by atoms with van der Waals surface area (Å²) in [7, 11) is 0. The van der Waals surface area contributed by atoms with Gasteiger partial charge in [0.15, 0.2) is 11.0 Å². The van der Waals surface area contributed by atoms with Crippen LogP contribution >= 0.6 is 11.8 Å². The number of nitriles is 1. The van der Waals surface area contributed by atoms with Crippen molar-refractivity contribution in [3.63, 3.8) is 0 Å². The normalized spacial score (nSPS) is 14.0. The highest BCUT2D eigenvalue weighted by Gasteiger charge is 2.21. The molecule has 1 aliphatic rings. The molecule has 7 nitrogen and oxygen atoms in total. The van der Waals surface area contributed by atoms with Crippen LogP contribution in [0.15, 0.2) is 59.8 Å². The first-order chi connectivity index (χ1) is 16.7. The minimum Gasteiger partial charge on any atom is -0.311 e. The highest BCUT2D eigenvalue weighted by atomic mass is 32.2. The van der Waals surface area contributed by atoms with Crippen LogP contribution in [0.3, 0.4) is 0 Å². The summed E-state index contributed by atoms with van der Waals surface area (Å²) in [5.41, 5.74) is 1.52. The number of benzene rings is 2. The molecule has 2 heterocycles. The third-order valence-electron chi connectivity index (χ3n) is 5.74. The molecule has 0 atom stereocenters. The summed E-state index contributed by atoms with van der Waals surface area (Å²) in [6, 6.07) is 17.7. The minimum absolute atomic E-state index is 0.123. The Hall–Kier alpha value is -3.22. The van der Waals surface area contributed by atoms with Crippen LogP contribution in [0.25, 0.3) is 5.69 Å². The molecule has 0 radical (unpaired) electrons. The van der Waals surface area contributed by atoms with E-state index < -0.39 is 0 Å². The predicted octanol–water partition coefficient (Wildman–Crippen LogP) is 4.43. The molecule has 0 spiro atoms. The van der Waals surface area contributed by atoms with Crippen molar-refractivity contribution in [1.82, 2.24) is 19.7 Å². The molecule has 2 aromatic carbocycles. The molecular formula is C25H27FN6OS. The van der Waals surface area contributed by atoms with Gasteiger partial charge in [-0.2, -0.15) is 5.26 Å². The quantitative estimate of drug-likeness (QED) is 0.424. The van der Waals surface area contributed by atoms with Gasteiger partial charge in [0.25, 0.3) is 0 Å². The Balaban J connectivity index is 1.53. The number of thioether (sulfide) groups is 1. The number of para-hydroxylation sites is 1. The number of amides is 1. The lowest BCUT2D eigenvalue weighted by Crippen LogP contribution is -2.33. The molecule has 34 heavy (non-hydrogen) atoms. The number of rotatable bonds is 9. The van der Waals surface area contributed by atoms with Gasteiger partial charge in [-0.05, 0) is 62.3 Å². The van der Waals surface area contributed by atoms with E-state index in [0.29, 0.717) is 17.4 Å². The Morgan fingerprint density at radius 3 is 2.50 bits per heavy atom. The maximum atomic E-state index is 13.4. The van der Waals surface area contributed by atoms with Crippen molar-refractivity contribution < 1.29 is 9.18 Å². The molecule has 4 rings (SSSR count). The zero-order valence-electron chi connectivity index (χ0n) is 18.9. The number of carbonyl (C=O) groups is 1. The van der Waals surface area contributed by atoms with Crippen LogP contribution < -0.4 is 4.90 Å². The number of nitrogens with zero attached hydrogens (tertiary/aromatic N) is 6. The Kier molecular flexibility index (Phi) is 8.28. The average molecular weight is 479 g/mol. The van der Waals surface area contributed by atoms with E-state index in [2.05, 4.69) is 21.2 Å². The van der Waals surface area contributed by atoms with Crippen molar-refractivity contribution in [2.24, 2.45) is 0 Å². The lowest BCUT2D eigenvalue weighted by molar-refractivity contribution is -0.116. The molecule has 9 heteroatoms. The lowest BCUT2D eigenvalue weighted by atomic mass is 10.1. The molecule has 0 saturated carbocycles. The summed E-state index contributed by atoms with van der Waals surface area (Å²) in [6.07, 6.45) is 3.84. The number of anilines is 1. The predicted molar refractivity (Wildman–Crippen MR) is 130 cm³/mol. The fraction of sp³-hybridized carbons (Fsp3) is 0.360. The van der Waals surface area contributed by atoms with E-state index in [0.717, 1.165) is 24.6 Å². The molecule has 1 aromatic heterocycles. The summed E-state index contributed by atoms with van der Waals surface area (Å²) in [6.45, 7) is 3.05. The van der Waals surface area contributed by atoms with Gasteiger partial charge in [-0.1, -0.05) is 36.4 Å². The zero-order chi connectivity index (χ0) is 23.8. The number of carbonyl (C=O) groups excluding carboxylic acids is 1. The standard InChI is InChI=1S/C25H27FN6OS/c26-20-10-12-21(13-11-20)31(17-7-14-27)24(33)19-34-25-29-28-23(18-30-15-5-2-6-16-30)32(25)22-8-3-1-4-9-22/h1,3-4,8-13H,2,5-7,15-19H2. The van der Waals surface area contributed by atoms with Gasteiger partial charge in [0.1, 0.15) is 5.82 Å². The smallest absolute Gasteiger partial charge is 0.237 e. The van der Waals surface area contributed by atoms with Gasteiger partial charge >= 0.3 is 0 Å². The molecule has 0 N–H and O–H groups in total. The summed E-state index contributed by atoms with van der Waals surface area (Å²) in [5, 5.41) is 18.5. The minimum atomic E-state index is -0.372. The Labute approximate surface area is 203 Å². The van der Waals surface area contributed by atoms with Gasteiger partial charge in [0.2, 0.25) is 5.91 Å². The molecule has 0 bridgehead atoms. The average Bonchev–Trinajstić information content (AvgIpc) is 3.27. The summed E-state index contributed by atoms with van der Waals surface area (Å²) < 4.78 is 15.4. The van der Waals surface area contributed by atoms with Gasteiger partial charge in [-0.3, -0.25) is 14.3 Å². The van der Waals surface area contributed by atoms with Crippen molar-refractivity contribution in [2.45, 2.75) is 37.4 Å². The second-order valence-electron chi connectivity index (χ2n) is 8.13. The molecule has 176 valence electrons. The van der Waals surface area contributed by atoms with Crippen LogP contribution in [0.1, 0.15) is 31.5 Å². The van der Waals surface area contributed by atoms with Crippen LogP contribution in [-0.2, 0) is 11.3 Å². The van der Waals surface area contributed by atoms with Crippen LogP contribution in [0.4, 0.5) is 10.1 Å². The first-order valence-electron chi connectivity index (χ1n) is 11.4. The molecule has 1 fully saturated rings. The van der Waals surface area contributed by atoms with Gasteiger partial charge in [-0.15, -0.1) is 10.2 Å². The molecule has 1 aliphatic heterocycles. The molecule has 3 aromatic rings.